The van der Waals surface area contributed by atoms with Gasteiger partial charge in [-0.1, -0.05) is 12.1 Å². The number of hydrogen-bond donors (Lipinski definition) is 0. The Hall–Kier alpha value is -2.99. The van der Waals surface area contributed by atoms with Gasteiger partial charge in [0, 0.05) is 43.2 Å². The summed E-state index contributed by atoms with van der Waals surface area (Å²) in [7, 11) is 4.89. The largest absolute Gasteiger partial charge is 0.496 e. The van der Waals surface area contributed by atoms with Crippen molar-refractivity contribution in [3.63, 3.8) is 0 Å². The number of halogens is 1. The van der Waals surface area contributed by atoms with Gasteiger partial charge >= 0.3 is 0 Å². The maximum absolute atomic E-state index is 14.1. The van der Waals surface area contributed by atoms with Gasteiger partial charge in [-0.15, -0.1) is 0 Å². The van der Waals surface area contributed by atoms with Crippen molar-refractivity contribution < 1.29 is 18.6 Å². The van der Waals surface area contributed by atoms with Crippen LogP contribution in [0.4, 0.5) is 4.39 Å². The van der Waals surface area contributed by atoms with E-state index in [2.05, 4.69) is 27.8 Å². The summed E-state index contributed by atoms with van der Waals surface area (Å²) in [5.41, 5.74) is 3.10. The maximum atomic E-state index is 14.1. The Kier molecular flexibility index (Phi) is 5.95. The first-order valence-corrected chi connectivity index (χ1v) is 10.1. The van der Waals surface area contributed by atoms with Gasteiger partial charge in [-0.25, -0.2) is 4.39 Å². The summed E-state index contributed by atoms with van der Waals surface area (Å²) in [6.45, 7) is 2.45. The molecule has 30 heavy (non-hydrogen) atoms. The van der Waals surface area contributed by atoms with Crippen LogP contribution in [0.3, 0.4) is 0 Å². The first kappa shape index (κ1) is 20.3. The van der Waals surface area contributed by atoms with Crippen LogP contribution in [-0.2, 0) is 13.1 Å². The molecule has 4 rings (SSSR count). The Balaban J connectivity index is 1.77. The van der Waals surface area contributed by atoms with E-state index in [9.17, 15) is 4.39 Å². The Morgan fingerprint density at radius 3 is 2.40 bits per heavy atom. The molecule has 0 radical (unpaired) electrons. The molecule has 0 fully saturated rings. The Labute approximate surface area is 176 Å². The average Bonchev–Trinajstić information content (AvgIpc) is 3.14. The second kappa shape index (κ2) is 8.79. The smallest absolute Gasteiger partial charge is 0.164 e. The zero-order valence-corrected chi connectivity index (χ0v) is 17.6. The molecule has 5 nitrogen and oxygen atoms in total. The molecule has 1 unspecified atom stereocenters. The van der Waals surface area contributed by atoms with Crippen LogP contribution in [-0.4, -0.2) is 37.3 Å². The Bertz CT molecular complexity index is 1020. The van der Waals surface area contributed by atoms with Crippen LogP contribution in [0.25, 0.3) is 0 Å². The zero-order chi connectivity index (χ0) is 21.1. The molecule has 0 bridgehead atoms. The van der Waals surface area contributed by atoms with Crippen molar-refractivity contribution in [1.82, 2.24) is 9.47 Å². The number of nitrogens with zero attached hydrogens (tertiary/aromatic N) is 2. The molecule has 0 amide bonds. The predicted octanol–water partition coefficient (Wildman–Crippen LogP) is 4.65. The minimum absolute atomic E-state index is 0.0593. The van der Waals surface area contributed by atoms with E-state index in [4.69, 9.17) is 14.2 Å². The summed E-state index contributed by atoms with van der Waals surface area (Å²) < 4.78 is 32.9. The molecule has 0 spiro atoms. The van der Waals surface area contributed by atoms with Crippen molar-refractivity contribution in [2.45, 2.75) is 25.6 Å². The van der Waals surface area contributed by atoms with Crippen LogP contribution in [0.5, 0.6) is 17.2 Å². The average molecular weight is 410 g/mol. The summed E-state index contributed by atoms with van der Waals surface area (Å²) in [5.74, 6) is 1.81. The first-order valence-electron chi connectivity index (χ1n) is 10.1. The highest BCUT2D eigenvalue weighted by Gasteiger charge is 2.28. The highest BCUT2D eigenvalue weighted by atomic mass is 19.1. The van der Waals surface area contributed by atoms with Crippen molar-refractivity contribution in [2.75, 3.05) is 27.9 Å². The molecule has 1 atom stereocenters. The highest BCUT2D eigenvalue weighted by Crippen LogP contribution is 2.38. The molecular weight excluding hydrogens is 383 g/mol. The molecular formula is C24H27FN2O3. The molecule has 1 aromatic heterocycles. The van der Waals surface area contributed by atoms with Gasteiger partial charge in [0.25, 0.3) is 0 Å². The van der Waals surface area contributed by atoms with E-state index in [1.54, 1.807) is 33.5 Å². The van der Waals surface area contributed by atoms with Crippen LogP contribution < -0.4 is 14.2 Å². The van der Waals surface area contributed by atoms with Crippen LogP contribution in [0.2, 0.25) is 0 Å². The van der Waals surface area contributed by atoms with Gasteiger partial charge in [-0.2, -0.15) is 0 Å². The fourth-order valence-electron chi connectivity index (χ4n) is 4.30. The summed E-state index contributed by atoms with van der Waals surface area (Å²) in [4.78, 5) is 2.37. The SMILES string of the molecule is COc1cc(OC)c(OC)cc1CN1CCCn2cccc2C1c1cccc(F)c1. The lowest BCUT2D eigenvalue weighted by atomic mass is 10.0. The maximum Gasteiger partial charge on any atom is 0.164 e. The van der Waals surface area contributed by atoms with E-state index in [-0.39, 0.29) is 11.9 Å². The molecule has 2 heterocycles. The van der Waals surface area contributed by atoms with E-state index >= 15 is 0 Å². The Morgan fingerprint density at radius 2 is 1.67 bits per heavy atom. The zero-order valence-electron chi connectivity index (χ0n) is 17.6. The molecule has 6 heteroatoms. The van der Waals surface area contributed by atoms with Gasteiger partial charge in [0.1, 0.15) is 11.6 Å². The number of hydrogen-bond acceptors (Lipinski definition) is 4. The van der Waals surface area contributed by atoms with Gasteiger partial charge in [0.05, 0.1) is 27.4 Å². The van der Waals surface area contributed by atoms with Crippen molar-refractivity contribution >= 4 is 0 Å². The van der Waals surface area contributed by atoms with Crippen LogP contribution in [0.15, 0.2) is 54.7 Å². The quantitative estimate of drug-likeness (QED) is 0.593. The van der Waals surface area contributed by atoms with Gasteiger partial charge < -0.3 is 18.8 Å². The molecule has 2 aromatic carbocycles. The lowest BCUT2D eigenvalue weighted by molar-refractivity contribution is 0.216. The van der Waals surface area contributed by atoms with Crippen molar-refractivity contribution in [1.29, 1.82) is 0 Å². The summed E-state index contributed by atoms with van der Waals surface area (Å²) in [5, 5.41) is 0. The van der Waals surface area contributed by atoms with Crippen molar-refractivity contribution in [3.8, 4) is 17.2 Å². The number of aromatic nitrogens is 1. The van der Waals surface area contributed by atoms with E-state index in [1.807, 2.05) is 18.2 Å². The third-order valence-electron chi connectivity index (χ3n) is 5.68. The van der Waals surface area contributed by atoms with Gasteiger partial charge in [-0.3, -0.25) is 4.90 Å². The van der Waals surface area contributed by atoms with Crippen molar-refractivity contribution in [2.24, 2.45) is 0 Å². The predicted molar refractivity (Wildman–Crippen MR) is 114 cm³/mol. The third-order valence-corrected chi connectivity index (χ3v) is 5.68. The van der Waals surface area contributed by atoms with Gasteiger partial charge in [0.15, 0.2) is 11.5 Å². The number of rotatable bonds is 6. The van der Waals surface area contributed by atoms with E-state index in [1.165, 1.54) is 6.07 Å². The Morgan fingerprint density at radius 1 is 0.900 bits per heavy atom. The fraction of sp³-hybridized carbons (Fsp3) is 0.333. The standard InChI is InChI=1S/C24H27FN2O3/c1-28-21-15-23(30-3)22(29-2)14-18(21)16-27-12-6-11-26-10-5-9-20(26)24(27)17-7-4-8-19(25)13-17/h4-5,7-10,13-15,24H,6,11-12,16H2,1-3H3. The van der Waals surface area contributed by atoms with E-state index < -0.39 is 0 Å². The lowest BCUT2D eigenvalue weighted by Gasteiger charge is -2.31. The van der Waals surface area contributed by atoms with Crippen LogP contribution in [0.1, 0.15) is 29.3 Å². The van der Waals surface area contributed by atoms with Gasteiger partial charge in [0.2, 0.25) is 0 Å². The highest BCUT2D eigenvalue weighted by molar-refractivity contribution is 5.51. The second-order valence-electron chi connectivity index (χ2n) is 7.43. The monoisotopic (exact) mass is 410 g/mol. The van der Waals surface area contributed by atoms with E-state index in [0.717, 1.165) is 42.1 Å². The number of methoxy groups -OCH3 is 3. The molecule has 1 aliphatic heterocycles. The summed E-state index contributed by atoms with van der Waals surface area (Å²) in [6, 6.07) is 14.8. The molecule has 1 aliphatic rings. The van der Waals surface area contributed by atoms with Crippen LogP contribution >= 0.6 is 0 Å². The molecule has 0 aliphatic carbocycles. The number of benzene rings is 2. The summed E-state index contributed by atoms with van der Waals surface area (Å²) >= 11 is 0. The van der Waals surface area contributed by atoms with E-state index in [0.29, 0.717) is 18.0 Å². The fourth-order valence-corrected chi connectivity index (χ4v) is 4.30. The summed E-state index contributed by atoms with van der Waals surface area (Å²) in [6.07, 6.45) is 3.10. The molecule has 0 saturated heterocycles. The van der Waals surface area contributed by atoms with Gasteiger partial charge in [-0.05, 0) is 42.3 Å². The molecule has 158 valence electrons. The van der Waals surface area contributed by atoms with Crippen LogP contribution in [0, 0.1) is 5.82 Å². The normalized spacial score (nSPS) is 16.6. The molecule has 3 aromatic rings. The topological polar surface area (TPSA) is 35.9 Å². The number of aryl methyl sites for hydroxylation is 1. The van der Waals surface area contributed by atoms with Crippen molar-refractivity contribution in [3.05, 3.63) is 77.4 Å². The lowest BCUT2D eigenvalue weighted by Crippen LogP contribution is -2.29. The minimum Gasteiger partial charge on any atom is -0.496 e. The minimum atomic E-state index is -0.224. The first-order chi connectivity index (χ1) is 14.6. The second-order valence-corrected chi connectivity index (χ2v) is 7.43. The third kappa shape index (κ3) is 3.87. The molecule has 0 N–H and O–H groups in total. The molecule has 0 saturated carbocycles. The number of ether oxygens (including phenoxy) is 3. The number of fused-ring (bicyclic) bond motifs is 1.